The van der Waals surface area contributed by atoms with E-state index in [1.165, 1.54) is 23.8 Å². The summed E-state index contributed by atoms with van der Waals surface area (Å²) >= 11 is 1.53. The van der Waals surface area contributed by atoms with Crippen molar-refractivity contribution in [1.29, 1.82) is 0 Å². The number of amides is 1. The molecule has 4 rings (SSSR count). The zero-order valence-corrected chi connectivity index (χ0v) is 19.9. The quantitative estimate of drug-likeness (QED) is 0.337. The van der Waals surface area contributed by atoms with E-state index in [0.29, 0.717) is 22.8 Å². The van der Waals surface area contributed by atoms with Crippen LogP contribution in [0, 0.1) is 13.8 Å². The smallest absolute Gasteiger partial charge is 0.260 e. The third-order valence-corrected chi connectivity index (χ3v) is 6.22. The Balaban J connectivity index is 0.00000289. The molecule has 8 heteroatoms. The number of nitrogens with zero attached hydrogens (tertiary/aromatic N) is 4. The van der Waals surface area contributed by atoms with Crippen LogP contribution in [0.4, 0.5) is 5.13 Å². The lowest BCUT2D eigenvalue weighted by Crippen LogP contribution is -2.32. The number of imidazole rings is 1. The van der Waals surface area contributed by atoms with Crippen molar-refractivity contribution in [3.8, 4) is 0 Å². The number of ketones is 1. The summed E-state index contributed by atoms with van der Waals surface area (Å²) in [6, 6.07) is 11.0. The van der Waals surface area contributed by atoms with Gasteiger partial charge in [-0.25, -0.2) is 9.97 Å². The van der Waals surface area contributed by atoms with Crippen LogP contribution >= 0.6 is 23.7 Å². The second-order valence-corrected chi connectivity index (χ2v) is 8.68. The number of anilines is 1. The Morgan fingerprint density at radius 1 is 1.09 bits per heavy atom. The lowest BCUT2D eigenvalue weighted by molar-refractivity contribution is 0.0982. The summed E-state index contributed by atoms with van der Waals surface area (Å²) in [5.74, 6) is -0.137. The number of fused-ring (bicyclic) bond motifs is 1. The molecule has 0 saturated heterocycles. The third kappa shape index (κ3) is 5.06. The molecule has 166 valence electrons. The fourth-order valence-electron chi connectivity index (χ4n) is 3.59. The highest BCUT2D eigenvalue weighted by molar-refractivity contribution is 7.22. The van der Waals surface area contributed by atoms with Gasteiger partial charge in [0, 0.05) is 36.6 Å². The molecule has 4 aromatic rings. The van der Waals surface area contributed by atoms with Crippen LogP contribution < -0.4 is 4.90 Å². The number of halogens is 1. The second kappa shape index (κ2) is 10.1. The Morgan fingerprint density at radius 2 is 1.81 bits per heavy atom. The number of Topliss-reactive ketones (excluding diaryl/α,β-unsaturated/α-hetero) is 1. The summed E-state index contributed by atoms with van der Waals surface area (Å²) in [5.41, 5.74) is 4.35. The molecule has 2 heterocycles. The van der Waals surface area contributed by atoms with Gasteiger partial charge in [0.05, 0.1) is 16.5 Å². The van der Waals surface area contributed by atoms with Gasteiger partial charge >= 0.3 is 0 Å². The monoisotopic (exact) mass is 468 g/mol. The Morgan fingerprint density at radius 3 is 2.47 bits per heavy atom. The molecular formula is C24H25ClN4O2S. The standard InChI is InChI=1S/C24H24N4O2S.ClH/c1-16-13-17(2)22-21(14-16)31-24(26-22)28(11-4-10-27-12-9-25-15-27)23(30)20-7-5-19(6-8-20)18(3)29;/h5-9,12-15H,4,10-11H2,1-3H3;1H. The van der Waals surface area contributed by atoms with E-state index in [1.54, 1.807) is 41.7 Å². The van der Waals surface area contributed by atoms with E-state index in [1.807, 2.05) is 17.7 Å². The molecule has 32 heavy (non-hydrogen) atoms. The predicted molar refractivity (Wildman–Crippen MR) is 131 cm³/mol. The van der Waals surface area contributed by atoms with Crippen molar-refractivity contribution in [3.63, 3.8) is 0 Å². The number of hydrogen-bond donors (Lipinski definition) is 0. The molecule has 0 radical (unpaired) electrons. The minimum Gasteiger partial charge on any atom is -0.337 e. The number of benzene rings is 2. The van der Waals surface area contributed by atoms with Gasteiger partial charge in [0.1, 0.15) is 0 Å². The summed E-state index contributed by atoms with van der Waals surface area (Å²) in [5, 5.41) is 0.690. The van der Waals surface area contributed by atoms with E-state index < -0.39 is 0 Å². The van der Waals surface area contributed by atoms with Crippen LogP contribution in [0.1, 0.15) is 45.2 Å². The Labute approximate surface area is 197 Å². The van der Waals surface area contributed by atoms with E-state index in [9.17, 15) is 9.59 Å². The Kier molecular flexibility index (Phi) is 7.43. The van der Waals surface area contributed by atoms with Crippen molar-refractivity contribution in [2.24, 2.45) is 0 Å². The molecule has 0 aliphatic rings. The largest absolute Gasteiger partial charge is 0.337 e. The lowest BCUT2D eigenvalue weighted by Gasteiger charge is -2.20. The maximum atomic E-state index is 13.4. The summed E-state index contributed by atoms with van der Waals surface area (Å²) in [6.07, 6.45) is 6.20. The number of rotatable bonds is 7. The van der Waals surface area contributed by atoms with Gasteiger partial charge in [-0.2, -0.15) is 0 Å². The Bertz CT molecular complexity index is 1230. The normalized spacial score (nSPS) is 10.7. The van der Waals surface area contributed by atoms with E-state index in [0.717, 1.165) is 28.7 Å². The van der Waals surface area contributed by atoms with Crippen molar-refractivity contribution < 1.29 is 9.59 Å². The molecule has 0 N–H and O–H groups in total. The average Bonchev–Trinajstić information content (AvgIpc) is 3.40. The minimum absolute atomic E-state index is 0. The van der Waals surface area contributed by atoms with Gasteiger partial charge in [-0.1, -0.05) is 29.5 Å². The maximum absolute atomic E-state index is 13.4. The molecule has 0 aliphatic carbocycles. The molecule has 2 aromatic heterocycles. The molecule has 0 spiro atoms. The van der Waals surface area contributed by atoms with E-state index in [4.69, 9.17) is 4.98 Å². The lowest BCUT2D eigenvalue weighted by atomic mass is 10.1. The highest BCUT2D eigenvalue weighted by Gasteiger charge is 2.22. The van der Waals surface area contributed by atoms with Crippen LogP contribution in [0.25, 0.3) is 10.2 Å². The van der Waals surface area contributed by atoms with Crippen LogP contribution in [-0.2, 0) is 6.54 Å². The topological polar surface area (TPSA) is 68.1 Å². The number of aromatic nitrogens is 3. The van der Waals surface area contributed by atoms with Gasteiger partial charge in [0.15, 0.2) is 10.9 Å². The molecule has 0 aliphatic heterocycles. The fraction of sp³-hybridized carbons (Fsp3) is 0.250. The second-order valence-electron chi connectivity index (χ2n) is 7.67. The number of carbonyl (C=O) groups is 2. The highest BCUT2D eigenvalue weighted by atomic mass is 35.5. The third-order valence-electron chi connectivity index (χ3n) is 5.19. The summed E-state index contributed by atoms with van der Waals surface area (Å²) in [6.45, 7) is 6.92. The number of hydrogen-bond acceptors (Lipinski definition) is 5. The van der Waals surface area contributed by atoms with Crippen molar-refractivity contribution in [3.05, 3.63) is 77.4 Å². The zero-order chi connectivity index (χ0) is 22.0. The van der Waals surface area contributed by atoms with Gasteiger partial charge in [0.2, 0.25) is 0 Å². The maximum Gasteiger partial charge on any atom is 0.260 e. The SMILES string of the molecule is CC(=O)c1ccc(C(=O)N(CCCn2ccnc2)c2nc3c(C)cc(C)cc3s2)cc1.Cl. The van der Waals surface area contributed by atoms with E-state index in [2.05, 4.69) is 24.0 Å². The first kappa shape index (κ1) is 23.6. The zero-order valence-electron chi connectivity index (χ0n) is 18.2. The fourth-order valence-corrected chi connectivity index (χ4v) is 4.76. The average molecular weight is 469 g/mol. The molecule has 0 bridgehead atoms. The first-order chi connectivity index (χ1) is 14.9. The molecule has 6 nitrogen and oxygen atoms in total. The van der Waals surface area contributed by atoms with Gasteiger partial charge < -0.3 is 4.57 Å². The van der Waals surface area contributed by atoms with Gasteiger partial charge in [-0.3, -0.25) is 14.5 Å². The minimum atomic E-state index is -0.117. The number of carbonyl (C=O) groups excluding carboxylic acids is 2. The van der Waals surface area contributed by atoms with Crippen molar-refractivity contribution >= 4 is 50.8 Å². The van der Waals surface area contributed by atoms with Crippen LogP contribution in [0.15, 0.2) is 55.1 Å². The molecule has 2 aromatic carbocycles. The van der Waals surface area contributed by atoms with Crippen LogP contribution in [0.3, 0.4) is 0 Å². The van der Waals surface area contributed by atoms with Crippen molar-refractivity contribution in [1.82, 2.24) is 14.5 Å². The number of thiazole rings is 1. The molecule has 1 amide bonds. The molecular weight excluding hydrogens is 444 g/mol. The van der Waals surface area contributed by atoms with Gasteiger partial charge in [-0.15, -0.1) is 12.4 Å². The van der Waals surface area contributed by atoms with Crippen LogP contribution in [0.2, 0.25) is 0 Å². The van der Waals surface area contributed by atoms with Crippen LogP contribution in [-0.4, -0.2) is 32.8 Å². The first-order valence-corrected chi connectivity index (χ1v) is 11.0. The molecule has 0 unspecified atom stereocenters. The highest BCUT2D eigenvalue weighted by Crippen LogP contribution is 2.32. The first-order valence-electron chi connectivity index (χ1n) is 10.2. The Hall–Kier alpha value is -3.03. The van der Waals surface area contributed by atoms with Crippen molar-refractivity contribution in [2.75, 3.05) is 11.4 Å². The van der Waals surface area contributed by atoms with Gasteiger partial charge in [-0.05, 0) is 56.5 Å². The predicted octanol–water partition coefficient (Wildman–Crippen LogP) is 5.47. The molecule has 0 atom stereocenters. The summed E-state index contributed by atoms with van der Waals surface area (Å²) in [7, 11) is 0. The van der Waals surface area contributed by atoms with E-state index >= 15 is 0 Å². The summed E-state index contributed by atoms with van der Waals surface area (Å²) < 4.78 is 3.07. The van der Waals surface area contributed by atoms with Gasteiger partial charge in [0.25, 0.3) is 5.91 Å². The molecule has 0 fully saturated rings. The molecule has 0 saturated carbocycles. The number of aryl methyl sites for hydroxylation is 3. The van der Waals surface area contributed by atoms with Crippen molar-refractivity contribution in [2.45, 2.75) is 33.7 Å². The van der Waals surface area contributed by atoms with E-state index in [-0.39, 0.29) is 24.1 Å². The van der Waals surface area contributed by atoms with Crippen LogP contribution in [0.5, 0.6) is 0 Å². The summed E-state index contributed by atoms with van der Waals surface area (Å²) in [4.78, 5) is 35.7.